The molecule has 6 heteroatoms. The maximum absolute atomic E-state index is 13.1. The summed E-state index contributed by atoms with van der Waals surface area (Å²) in [7, 11) is 0. The smallest absolute Gasteiger partial charge is 0.242 e. The molecule has 0 saturated carbocycles. The summed E-state index contributed by atoms with van der Waals surface area (Å²) in [6, 6.07) is 16.3. The first-order chi connectivity index (χ1) is 14.0. The SMILES string of the molecule is C[C@@H](C(=O)NC[C@H]1CCCO1)N(Cc1ccc(Cl)cc1)C(=O)Cc1ccccc1. The van der Waals surface area contributed by atoms with Gasteiger partial charge in [0.1, 0.15) is 6.04 Å². The molecule has 154 valence electrons. The van der Waals surface area contributed by atoms with Crippen molar-refractivity contribution in [3.05, 3.63) is 70.7 Å². The molecule has 2 aromatic rings. The summed E-state index contributed by atoms with van der Waals surface area (Å²) in [6.45, 7) is 3.33. The summed E-state index contributed by atoms with van der Waals surface area (Å²) >= 11 is 5.98. The van der Waals surface area contributed by atoms with E-state index in [0.29, 0.717) is 18.1 Å². The fraction of sp³-hybridized carbons (Fsp3) is 0.391. The van der Waals surface area contributed by atoms with Crippen molar-refractivity contribution < 1.29 is 14.3 Å². The van der Waals surface area contributed by atoms with Crippen LogP contribution in [0.4, 0.5) is 0 Å². The minimum absolute atomic E-state index is 0.0656. The van der Waals surface area contributed by atoms with Gasteiger partial charge in [0.25, 0.3) is 0 Å². The standard InChI is InChI=1S/C23H27ClN2O3/c1-17(23(28)25-15-21-8-5-13-29-21)26(16-19-9-11-20(24)12-10-19)22(27)14-18-6-3-2-4-7-18/h2-4,6-7,9-12,17,21H,5,8,13-16H2,1H3,(H,25,28)/t17-,21+/m0/s1. The van der Waals surface area contributed by atoms with Crippen molar-refractivity contribution in [3.8, 4) is 0 Å². The van der Waals surface area contributed by atoms with E-state index in [4.69, 9.17) is 16.3 Å². The van der Waals surface area contributed by atoms with Gasteiger partial charge in [0.05, 0.1) is 12.5 Å². The number of benzene rings is 2. The van der Waals surface area contributed by atoms with Gasteiger partial charge in [-0.25, -0.2) is 0 Å². The van der Waals surface area contributed by atoms with Crippen molar-refractivity contribution in [2.45, 2.75) is 44.9 Å². The maximum atomic E-state index is 13.1. The molecule has 0 aromatic heterocycles. The van der Waals surface area contributed by atoms with Gasteiger partial charge in [0.15, 0.2) is 0 Å². The molecule has 0 aliphatic carbocycles. The van der Waals surface area contributed by atoms with Crippen LogP contribution >= 0.6 is 11.6 Å². The highest BCUT2D eigenvalue weighted by Gasteiger charge is 2.27. The lowest BCUT2D eigenvalue weighted by atomic mass is 10.1. The molecule has 3 rings (SSSR count). The first-order valence-corrected chi connectivity index (χ1v) is 10.4. The van der Waals surface area contributed by atoms with Crippen molar-refractivity contribution in [3.63, 3.8) is 0 Å². The molecule has 1 N–H and O–H groups in total. The molecular formula is C23H27ClN2O3. The quantitative estimate of drug-likeness (QED) is 0.718. The van der Waals surface area contributed by atoms with E-state index in [0.717, 1.165) is 30.6 Å². The Morgan fingerprint density at radius 3 is 2.52 bits per heavy atom. The number of amides is 2. The van der Waals surface area contributed by atoms with E-state index >= 15 is 0 Å². The van der Waals surface area contributed by atoms with Crippen molar-refractivity contribution in [1.82, 2.24) is 10.2 Å². The Morgan fingerprint density at radius 1 is 1.14 bits per heavy atom. The third-order valence-electron chi connectivity index (χ3n) is 5.16. The Balaban J connectivity index is 1.70. The molecule has 0 unspecified atom stereocenters. The van der Waals surface area contributed by atoms with Gasteiger partial charge in [0.2, 0.25) is 11.8 Å². The first-order valence-electron chi connectivity index (χ1n) is 10.00. The number of nitrogens with one attached hydrogen (secondary N) is 1. The van der Waals surface area contributed by atoms with E-state index in [9.17, 15) is 9.59 Å². The van der Waals surface area contributed by atoms with Crippen LogP contribution in [0.1, 0.15) is 30.9 Å². The Morgan fingerprint density at radius 2 is 1.86 bits per heavy atom. The average Bonchev–Trinajstić information content (AvgIpc) is 3.25. The first kappa shape index (κ1) is 21.3. The van der Waals surface area contributed by atoms with E-state index in [1.165, 1.54) is 0 Å². The number of hydrogen-bond acceptors (Lipinski definition) is 3. The normalized spacial score (nSPS) is 17.0. The molecular weight excluding hydrogens is 388 g/mol. The van der Waals surface area contributed by atoms with Crippen molar-refractivity contribution >= 4 is 23.4 Å². The second-order valence-corrected chi connectivity index (χ2v) is 7.80. The minimum atomic E-state index is -0.594. The molecule has 1 heterocycles. The summed E-state index contributed by atoms with van der Waals surface area (Å²) in [4.78, 5) is 27.5. The van der Waals surface area contributed by atoms with Crippen LogP contribution in [0.15, 0.2) is 54.6 Å². The second-order valence-electron chi connectivity index (χ2n) is 7.37. The van der Waals surface area contributed by atoms with E-state index in [1.54, 1.807) is 24.0 Å². The van der Waals surface area contributed by atoms with Gasteiger partial charge < -0.3 is 15.0 Å². The molecule has 1 aliphatic heterocycles. The molecule has 0 radical (unpaired) electrons. The van der Waals surface area contributed by atoms with Gasteiger partial charge in [-0.3, -0.25) is 9.59 Å². The minimum Gasteiger partial charge on any atom is -0.376 e. The van der Waals surface area contributed by atoms with E-state index in [1.807, 2.05) is 42.5 Å². The Bertz CT molecular complexity index is 805. The summed E-state index contributed by atoms with van der Waals surface area (Å²) in [5.41, 5.74) is 1.85. The van der Waals surface area contributed by atoms with Crippen LogP contribution in [0.25, 0.3) is 0 Å². The molecule has 2 atom stereocenters. The molecule has 29 heavy (non-hydrogen) atoms. The van der Waals surface area contributed by atoms with Gasteiger partial charge in [-0.15, -0.1) is 0 Å². The van der Waals surface area contributed by atoms with Gasteiger partial charge in [-0.05, 0) is 43.0 Å². The third-order valence-corrected chi connectivity index (χ3v) is 5.41. The highest BCUT2D eigenvalue weighted by Crippen LogP contribution is 2.16. The topological polar surface area (TPSA) is 58.6 Å². The largest absolute Gasteiger partial charge is 0.376 e. The number of hydrogen-bond donors (Lipinski definition) is 1. The zero-order chi connectivity index (χ0) is 20.6. The van der Waals surface area contributed by atoms with E-state index in [2.05, 4.69) is 5.32 Å². The maximum Gasteiger partial charge on any atom is 0.242 e. The molecule has 1 fully saturated rings. The summed E-state index contributed by atoms with van der Waals surface area (Å²) < 4.78 is 5.57. The zero-order valence-corrected chi connectivity index (χ0v) is 17.4. The van der Waals surface area contributed by atoms with Gasteiger partial charge in [0, 0.05) is 24.7 Å². The van der Waals surface area contributed by atoms with Crippen LogP contribution in [0.3, 0.4) is 0 Å². The Kier molecular flexibility index (Phi) is 7.67. The summed E-state index contributed by atoms with van der Waals surface area (Å²) in [5, 5.41) is 3.58. The van der Waals surface area contributed by atoms with Crippen LogP contribution in [-0.4, -0.2) is 42.0 Å². The molecule has 0 bridgehead atoms. The monoisotopic (exact) mass is 414 g/mol. The third kappa shape index (κ3) is 6.31. The van der Waals surface area contributed by atoms with Gasteiger partial charge >= 0.3 is 0 Å². The number of nitrogens with zero attached hydrogens (tertiary/aromatic N) is 1. The fourth-order valence-electron chi connectivity index (χ4n) is 3.41. The van der Waals surface area contributed by atoms with Crippen LogP contribution in [0.2, 0.25) is 5.02 Å². The Hall–Kier alpha value is -2.37. The van der Waals surface area contributed by atoms with E-state index < -0.39 is 6.04 Å². The Labute approximate surface area is 177 Å². The molecule has 2 aromatic carbocycles. The highest BCUT2D eigenvalue weighted by molar-refractivity contribution is 6.30. The molecule has 1 aliphatic rings. The van der Waals surface area contributed by atoms with Gasteiger partial charge in [-0.2, -0.15) is 0 Å². The number of carbonyl (C=O) groups is 2. The zero-order valence-electron chi connectivity index (χ0n) is 16.6. The number of halogens is 1. The van der Waals surface area contributed by atoms with Crippen LogP contribution in [-0.2, 0) is 27.3 Å². The van der Waals surface area contributed by atoms with Crippen molar-refractivity contribution in [1.29, 1.82) is 0 Å². The van der Waals surface area contributed by atoms with Crippen LogP contribution < -0.4 is 5.32 Å². The number of ether oxygens (including phenoxy) is 1. The average molecular weight is 415 g/mol. The highest BCUT2D eigenvalue weighted by atomic mass is 35.5. The lowest BCUT2D eigenvalue weighted by Gasteiger charge is -2.29. The predicted octanol–water partition coefficient (Wildman–Crippen LogP) is 3.60. The predicted molar refractivity (Wildman–Crippen MR) is 114 cm³/mol. The van der Waals surface area contributed by atoms with Gasteiger partial charge in [-0.1, -0.05) is 54.1 Å². The molecule has 5 nitrogen and oxygen atoms in total. The van der Waals surface area contributed by atoms with Crippen molar-refractivity contribution in [2.75, 3.05) is 13.2 Å². The number of rotatable bonds is 8. The fourth-order valence-corrected chi connectivity index (χ4v) is 3.53. The second kappa shape index (κ2) is 10.4. The lowest BCUT2D eigenvalue weighted by molar-refractivity contribution is -0.140. The van der Waals surface area contributed by atoms with Crippen molar-refractivity contribution in [2.24, 2.45) is 0 Å². The summed E-state index contributed by atoms with van der Waals surface area (Å²) in [5.74, 6) is -0.262. The van der Waals surface area contributed by atoms with Crippen LogP contribution in [0.5, 0.6) is 0 Å². The molecule has 0 spiro atoms. The molecule has 1 saturated heterocycles. The number of carbonyl (C=O) groups excluding carboxylic acids is 2. The summed E-state index contributed by atoms with van der Waals surface area (Å²) in [6.07, 6.45) is 2.29. The van der Waals surface area contributed by atoms with E-state index in [-0.39, 0.29) is 24.3 Å². The molecule has 2 amide bonds. The van der Waals surface area contributed by atoms with Crippen LogP contribution in [0, 0.1) is 0 Å². The lowest BCUT2D eigenvalue weighted by Crippen LogP contribution is -2.49.